The number of nitrogens with one attached hydrogen (secondary N) is 1. The van der Waals surface area contributed by atoms with Gasteiger partial charge < -0.3 is 24.8 Å². The molecule has 6 heteroatoms. The van der Waals surface area contributed by atoms with Crippen LogP contribution in [-0.4, -0.2) is 74.1 Å². The van der Waals surface area contributed by atoms with Gasteiger partial charge in [-0.15, -0.1) is 0 Å². The first-order chi connectivity index (χ1) is 9.51. The number of hydrogen-bond acceptors (Lipinski definition) is 5. The zero-order valence-electron chi connectivity index (χ0n) is 13.2. The van der Waals surface area contributed by atoms with Crippen LogP contribution in [0.5, 0.6) is 0 Å². The summed E-state index contributed by atoms with van der Waals surface area (Å²) < 4.78 is 10.6. The number of amides is 1. The lowest BCUT2D eigenvalue weighted by atomic mass is 10.3. The van der Waals surface area contributed by atoms with Crippen molar-refractivity contribution in [1.29, 1.82) is 0 Å². The summed E-state index contributed by atoms with van der Waals surface area (Å²) in [5.41, 5.74) is 0. The lowest BCUT2D eigenvalue weighted by Crippen LogP contribution is -2.41. The fourth-order valence-corrected chi connectivity index (χ4v) is 1.65. The number of carbonyl (C=O) groups excluding carboxylic acids is 1. The quantitative estimate of drug-likeness (QED) is 0.504. The average molecular weight is 290 g/mol. The SMILES string of the molecule is CCN(CC)C(=O)CNCC(O)COCCOC(C)C. The number of nitrogens with zero attached hydrogens (tertiary/aromatic N) is 1. The number of aliphatic hydroxyl groups excluding tert-OH is 1. The van der Waals surface area contributed by atoms with E-state index in [4.69, 9.17) is 9.47 Å². The highest BCUT2D eigenvalue weighted by Crippen LogP contribution is 1.90. The maximum Gasteiger partial charge on any atom is 0.236 e. The van der Waals surface area contributed by atoms with Gasteiger partial charge in [-0.1, -0.05) is 0 Å². The molecule has 0 aromatic heterocycles. The Kier molecular flexibility index (Phi) is 11.7. The minimum atomic E-state index is -0.612. The molecule has 1 atom stereocenters. The second-order valence-electron chi connectivity index (χ2n) is 4.85. The van der Waals surface area contributed by atoms with Crippen LogP contribution in [0.3, 0.4) is 0 Å². The zero-order chi connectivity index (χ0) is 15.4. The molecule has 0 aliphatic rings. The van der Waals surface area contributed by atoms with Gasteiger partial charge in [0.25, 0.3) is 0 Å². The van der Waals surface area contributed by atoms with Gasteiger partial charge in [-0.25, -0.2) is 0 Å². The maximum atomic E-state index is 11.7. The Balaban J connectivity index is 3.53. The Bertz CT molecular complexity index is 245. The molecule has 20 heavy (non-hydrogen) atoms. The van der Waals surface area contributed by atoms with Gasteiger partial charge in [-0.3, -0.25) is 4.79 Å². The molecule has 0 heterocycles. The fraction of sp³-hybridized carbons (Fsp3) is 0.929. The molecule has 1 unspecified atom stereocenters. The summed E-state index contributed by atoms with van der Waals surface area (Å²) in [5.74, 6) is 0.0495. The van der Waals surface area contributed by atoms with E-state index in [1.807, 2.05) is 27.7 Å². The topological polar surface area (TPSA) is 71.0 Å². The third-order valence-electron chi connectivity index (χ3n) is 2.76. The van der Waals surface area contributed by atoms with Crippen LogP contribution in [-0.2, 0) is 14.3 Å². The normalized spacial score (nSPS) is 12.7. The average Bonchev–Trinajstić information content (AvgIpc) is 2.39. The van der Waals surface area contributed by atoms with Crippen LogP contribution in [0.1, 0.15) is 27.7 Å². The summed E-state index contributed by atoms with van der Waals surface area (Å²) in [6, 6.07) is 0. The smallest absolute Gasteiger partial charge is 0.236 e. The molecular weight excluding hydrogens is 260 g/mol. The maximum absolute atomic E-state index is 11.7. The van der Waals surface area contributed by atoms with Gasteiger partial charge in [0.05, 0.1) is 38.6 Å². The Morgan fingerprint density at radius 3 is 2.45 bits per heavy atom. The molecule has 120 valence electrons. The molecule has 0 spiro atoms. The molecule has 0 saturated heterocycles. The largest absolute Gasteiger partial charge is 0.389 e. The van der Waals surface area contributed by atoms with Gasteiger partial charge in [0.15, 0.2) is 0 Å². The molecule has 0 fully saturated rings. The molecule has 6 nitrogen and oxygen atoms in total. The second-order valence-corrected chi connectivity index (χ2v) is 4.85. The first-order valence-corrected chi connectivity index (χ1v) is 7.37. The molecule has 0 bridgehead atoms. The zero-order valence-corrected chi connectivity index (χ0v) is 13.2. The van der Waals surface area contributed by atoms with Crippen LogP contribution < -0.4 is 5.32 Å². The van der Waals surface area contributed by atoms with E-state index < -0.39 is 6.10 Å². The molecule has 0 radical (unpaired) electrons. The lowest BCUT2D eigenvalue weighted by molar-refractivity contribution is -0.129. The van der Waals surface area contributed by atoms with E-state index in [1.165, 1.54) is 0 Å². The van der Waals surface area contributed by atoms with Crippen molar-refractivity contribution in [3.05, 3.63) is 0 Å². The first kappa shape index (κ1) is 19.3. The molecule has 0 aliphatic carbocycles. The molecule has 0 saturated carbocycles. The summed E-state index contributed by atoms with van der Waals surface area (Å²) >= 11 is 0. The van der Waals surface area contributed by atoms with Crippen LogP contribution in [0, 0.1) is 0 Å². The number of likely N-dealkylation sites (N-methyl/N-ethyl adjacent to an activating group) is 1. The van der Waals surface area contributed by atoms with Crippen molar-refractivity contribution in [2.24, 2.45) is 0 Å². The minimum absolute atomic E-state index is 0.0495. The van der Waals surface area contributed by atoms with Crippen molar-refractivity contribution in [3.8, 4) is 0 Å². The van der Waals surface area contributed by atoms with Gasteiger partial charge in [-0.05, 0) is 27.7 Å². The van der Waals surface area contributed by atoms with Crippen molar-refractivity contribution in [1.82, 2.24) is 10.2 Å². The van der Waals surface area contributed by atoms with E-state index in [1.54, 1.807) is 4.90 Å². The highest BCUT2D eigenvalue weighted by Gasteiger charge is 2.10. The Labute approximate surface area is 122 Å². The van der Waals surface area contributed by atoms with Crippen LogP contribution in [0.2, 0.25) is 0 Å². The molecule has 2 N–H and O–H groups in total. The molecule has 0 aromatic carbocycles. The Morgan fingerprint density at radius 1 is 1.25 bits per heavy atom. The fourth-order valence-electron chi connectivity index (χ4n) is 1.65. The number of ether oxygens (including phenoxy) is 2. The van der Waals surface area contributed by atoms with E-state index in [0.717, 1.165) is 0 Å². The van der Waals surface area contributed by atoms with E-state index in [-0.39, 0.29) is 25.2 Å². The van der Waals surface area contributed by atoms with Gasteiger partial charge in [0, 0.05) is 19.6 Å². The third kappa shape index (κ3) is 10.1. The summed E-state index contributed by atoms with van der Waals surface area (Å²) in [7, 11) is 0. The molecular formula is C14H30N2O4. The van der Waals surface area contributed by atoms with E-state index in [9.17, 15) is 9.90 Å². The van der Waals surface area contributed by atoms with Crippen LogP contribution >= 0.6 is 0 Å². The van der Waals surface area contributed by atoms with Crippen molar-refractivity contribution in [2.75, 3.05) is 46.0 Å². The molecule has 1 amide bonds. The summed E-state index contributed by atoms with van der Waals surface area (Å²) in [6.07, 6.45) is -0.421. The van der Waals surface area contributed by atoms with E-state index >= 15 is 0 Å². The highest BCUT2D eigenvalue weighted by molar-refractivity contribution is 5.78. The standard InChI is InChI=1S/C14H30N2O4/c1-5-16(6-2)14(18)10-15-9-13(17)11-19-7-8-20-12(3)4/h12-13,15,17H,5-11H2,1-4H3. The predicted octanol–water partition coefficient (Wildman–Crippen LogP) is 0.247. The van der Waals surface area contributed by atoms with Crippen molar-refractivity contribution in [3.63, 3.8) is 0 Å². The molecule has 0 rings (SSSR count). The van der Waals surface area contributed by atoms with Crippen LogP contribution in [0.15, 0.2) is 0 Å². The second kappa shape index (κ2) is 12.1. The molecule has 0 aliphatic heterocycles. The van der Waals surface area contributed by atoms with E-state index in [0.29, 0.717) is 32.8 Å². The Hall–Kier alpha value is -0.690. The van der Waals surface area contributed by atoms with Crippen molar-refractivity contribution in [2.45, 2.75) is 39.9 Å². The first-order valence-electron chi connectivity index (χ1n) is 7.37. The number of aliphatic hydroxyl groups is 1. The summed E-state index contributed by atoms with van der Waals surface area (Å²) in [6.45, 7) is 11.1. The van der Waals surface area contributed by atoms with Crippen molar-refractivity contribution >= 4 is 5.91 Å². The number of carbonyl (C=O) groups is 1. The van der Waals surface area contributed by atoms with Gasteiger partial charge in [0.2, 0.25) is 5.91 Å². The van der Waals surface area contributed by atoms with Gasteiger partial charge in [0.1, 0.15) is 0 Å². The van der Waals surface area contributed by atoms with E-state index in [2.05, 4.69) is 5.32 Å². The van der Waals surface area contributed by atoms with Gasteiger partial charge in [-0.2, -0.15) is 0 Å². The predicted molar refractivity (Wildman–Crippen MR) is 78.7 cm³/mol. The lowest BCUT2D eigenvalue weighted by Gasteiger charge is -2.19. The number of hydrogen-bond donors (Lipinski definition) is 2. The highest BCUT2D eigenvalue weighted by atomic mass is 16.5. The summed E-state index contributed by atoms with van der Waals surface area (Å²) in [4.78, 5) is 13.4. The van der Waals surface area contributed by atoms with Crippen LogP contribution in [0.25, 0.3) is 0 Å². The molecule has 0 aromatic rings. The van der Waals surface area contributed by atoms with Crippen LogP contribution in [0.4, 0.5) is 0 Å². The summed E-state index contributed by atoms with van der Waals surface area (Å²) in [5, 5.41) is 12.6. The Morgan fingerprint density at radius 2 is 1.90 bits per heavy atom. The number of rotatable bonds is 12. The van der Waals surface area contributed by atoms with Crippen molar-refractivity contribution < 1.29 is 19.4 Å². The third-order valence-corrected chi connectivity index (χ3v) is 2.76. The monoisotopic (exact) mass is 290 g/mol. The minimum Gasteiger partial charge on any atom is -0.389 e. The van der Waals surface area contributed by atoms with Gasteiger partial charge >= 0.3 is 0 Å².